The van der Waals surface area contributed by atoms with Crippen molar-refractivity contribution in [3.63, 3.8) is 0 Å². The molecule has 0 atom stereocenters. The molecule has 0 radical (unpaired) electrons. The summed E-state index contributed by atoms with van der Waals surface area (Å²) in [5.41, 5.74) is 26.2. The Labute approximate surface area is 466 Å². The first kappa shape index (κ1) is 46.7. The van der Waals surface area contributed by atoms with Crippen LogP contribution in [0.1, 0.15) is 0 Å². The maximum absolute atomic E-state index is 2.46. The van der Waals surface area contributed by atoms with Gasteiger partial charge in [-0.05, 0) is 156 Å². The van der Waals surface area contributed by atoms with E-state index < -0.39 is 0 Å². The maximum atomic E-state index is 2.46. The summed E-state index contributed by atoms with van der Waals surface area (Å²) in [7, 11) is 0. The van der Waals surface area contributed by atoms with E-state index in [-0.39, 0.29) is 0 Å². The molecule has 374 valence electrons. The molecule has 80 heavy (non-hydrogen) atoms. The molecule has 0 unspecified atom stereocenters. The van der Waals surface area contributed by atoms with Crippen molar-refractivity contribution in [2.75, 3.05) is 0 Å². The van der Waals surface area contributed by atoms with E-state index in [4.69, 9.17) is 0 Å². The molecule has 0 fully saturated rings. The monoisotopic (exact) mass is 1020 g/mol. The average Bonchev–Trinajstić information content (AvgIpc) is 4.09. The van der Waals surface area contributed by atoms with Crippen LogP contribution in [-0.4, -0.2) is 9.13 Å². The minimum Gasteiger partial charge on any atom is -0.309 e. The van der Waals surface area contributed by atoms with E-state index in [1.54, 1.807) is 0 Å². The lowest BCUT2D eigenvalue weighted by atomic mass is 9.92. The zero-order valence-corrected chi connectivity index (χ0v) is 43.9. The lowest BCUT2D eigenvalue weighted by Crippen LogP contribution is -1.97. The molecule has 2 heterocycles. The zero-order chi connectivity index (χ0) is 52.9. The standard InChI is InChI=1S/C78H52N2/c1-3-19-53(20-4-1)61-27-18-30-66(50-61)79-75-37-13-10-34-70(75)72-51-62(43-45-77(72)79)63-44-46-78-73(52-63)71-35-11-14-38-76(71)80(78)74-36-12-9-33-69(74)65-29-16-24-58(48-65)55-41-39-54(40-42-55)57-23-15-25-59(47-57)60-26-17-28-64(49-60)68-32-8-7-31-67(68)56-21-5-2-6-22-56/h1-52H. The summed E-state index contributed by atoms with van der Waals surface area (Å²) in [6.07, 6.45) is 0. The van der Waals surface area contributed by atoms with E-state index in [0.29, 0.717) is 0 Å². The Bertz CT molecular complexity index is 4810. The first-order chi connectivity index (χ1) is 39.7. The van der Waals surface area contributed by atoms with Crippen LogP contribution in [-0.2, 0) is 0 Å². The van der Waals surface area contributed by atoms with Crippen molar-refractivity contribution in [2.45, 2.75) is 0 Å². The van der Waals surface area contributed by atoms with E-state index in [1.165, 1.54) is 133 Å². The molecule has 0 aliphatic rings. The third kappa shape index (κ3) is 8.30. The Hall–Kier alpha value is -10.5. The van der Waals surface area contributed by atoms with Gasteiger partial charge in [-0.2, -0.15) is 0 Å². The summed E-state index contributed by atoms with van der Waals surface area (Å²) in [6, 6.07) is 115. The van der Waals surface area contributed by atoms with E-state index in [9.17, 15) is 0 Å². The highest BCUT2D eigenvalue weighted by Crippen LogP contribution is 2.42. The van der Waals surface area contributed by atoms with Gasteiger partial charge in [-0.15, -0.1) is 0 Å². The van der Waals surface area contributed by atoms with Gasteiger partial charge in [0.05, 0.1) is 27.8 Å². The van der Waals surface area contributed by atoms with Crippen molar-refractivity contribution >= 4 is 43.6 Å². The molecule has 0 N–H and O–H groups in total. The summed E-state index contributed by atoms with van der Waals surface area (Å²) in [6.45, 7) is 0. The number of nitrogens with zero attached hydrogens (tertiary/aromatic N) is 2. The summed E-state index contributed by atoms with van der Waals surface area (Å²) < 4.78 is 4.87. The minimum absolute atomic E-state index is 1.15. The highest BCUT2D eigenvalue weighted by Gasteiger charge is 2.19. The lowest BCUT2D eigenvalue weighted by molar-refractivity contribution is 1.18. The van der Waals surface area contributed by atoms with Crippen LogP contribution in [0.25, 0.3) is 144 Å². The van der Waals surface area contributed by atoms with Crippen LogP contribution >= 0.6 is 0 Å². The summed E-state index contributed by atoms with van der Waals surface area (Å²) in [4.78, 5) is 0. The summed E-state index contributed by atoms with van der Waals surface area (Å²) in [5.74, 6) is 0. The van der Waals surface area contributed by atoms with Gasteiger partial charge in [-0.1, -0.05) is 243 Å². The zero-order valence-electron chi connectivity index (χ0n) is 43.9. The predicted octanol–water partition coefficient (Wildman–Crippen LogP) is 21.2. The maximum Gasteiger partial charge on any atom is 0.0541 e. The van der Waals surface area contributed by atoms with Crippen molar-refractivity contribution in [1.82, 2.24) is 9.13 Å². The molecule has 0 bridgehead atoms. The van der Waals surface area contributed by atoms with Crippen LogP contribution in [0.15, 0.2) is 315 Å². The lowest BCUT2D eigenvalue weighted by Gasteiger charge is -2.15. The Morgan fingerprint density at radius 2 is 0.500 bits per heavy atom. The molecule has 15 aromatic rings. The van der Waals surface area contributed by atoms with E-state index >= 15 is 0 Å². The number of rotatable bonds is 10. The van der Waals surface area contributed by atoms with Crippen molar-refractivity contribution in [3.05, 3.63) is 315 Å². The number of fused-ring (bicyclic) bond motifs is 6. The first-order valence-electron chi connectivity index (χ1n) is 27.6. The second-order valence-corrected chi connectivity index (χ2v) is 20.8. The fourth-order valence-electron chi connectivity index (χ4n) is 12.3. The molecule has 0 aliphatic heterocycles. The molecular formula is C78H52N2. The molecule has 2 nitrogen and oxygen atoms in total. The Morgan fingerprint density at radius 1 is 0.163 bits per heavy atom. The molecule has 13 aromatic carbocycles. The summed E-state index contributed by atoms with van der Waals surface area (Å²) >= 11 is 0. The molecule has 0 amide bonds. The number of hydrogen-bond donors (Lipinski definition) is 0. The normalized spacial score (nSPS) is 11.5. The molecule has 0 aliphatic carbocycles. The molecular weight excluding hydrogens is 965 g/mol. The number of hydrogen-bond acceptors (Lipinski definition) is 0. The molecule has 2 aromatic heterocycles. The van der Waals surface area contributed by atoms with Crippen LogP contribution in [0, 0.1) is 0 Å². The second-order valence-electron chi connectivity index (χ2n) is 20.8. The fraction of sp³-hybridized carbons (Fsp3) is 0. The van der Waals surface area contributed by atoms with Gasteiger partial charge in [0.2, 0.25) is 0 Å². The van der Waals surface area contributed by atoms with Gasteiger partial charge >= 0.3 is 0 Å². The van der Waals surface area contributed by atoms with Crippen LogP contribution in [0.3, 0.4) is 0 Å². The van der Waals surface area contributed by atoms with Gasteiger partial charge in [0.1, 0.15) is 0 Å². The molecule has 0 saturated heterocycles. The van der Waals surface area contributed by atoms with E-state index in [1.807, 2.05) is 0 Å². The third-order valence-electron chi connectivity index (χ3n) is 16.1. The van der Waals surface area contributed by atoms with Crippen LogP contribution < -0.4 is 0 Å². The SMILES string of the molecule is c1ccc(-c2cccc(-n3c4ccccc4c4cc(-c5ccc6c(c5)c5ccccc5n6-c5ccccc5-c5cccc(-c6ccc(-c7cccc(-c8cccc(-c9ccccc9-c9ccccc9)c8)c7)cc6)c5)ccc43)c2)cc1. The van der Waals surface area contributed by atoms with Crippen LogP contribution in [0.2, 0.25) is 0 Å². The molecule has 2 heteroatoms. The smallest absolute Gasteiger partial charge is 0.0541 e. The Kier molecular flexibility index (Phi) is 11.6. The summed E-state index contributed by atoms with van der Waals surface area (Å²) in [5, 5.41) is 4.94. The minimum atomic E-state index is 1.15. The highest BCUT2D eigenvalue weighted by atomic mass is 15.0. The average molecular weight is 1020 g/mol. The second kappa shape index (κ2) is 19.8. The van der Waals surface area contributed by atoms with Gasteiger partial charge in [-0.25, -0.2) is 0 Å². The van der Waals surface area contributed by atoms with Crippen molar-refractivity contribution in [1.29, 1.82) is 0 Å². The molecule has 0 saturated carbocycles. The first-order valence-corrected chi connectivity index (χ1v) is 27.6. The van der Waals surface area contributed by atoms with E-state index in [0.717, 1.165) is 11.4 Å². The van der Waals surface area contributed by atoms with Gasteiger partial charge < -0.3 is 9.13 Å². The number of para-hydroxylation sites is 3. The van der Waals surface area contributed by atoms with Crippen LogP contribution in [0.5, 0.6) is 0 Å². The Morgan fingerprint density at radius 3 is 1.09 bits per heavy atom. The third-order valence-corrected chi connectivity index (χ3v) is 16.1. The van der Waals surface area contributed by atoms with Crippen molar-refractivity contribution < 1.29 is 0 Å². The number of aromatic nitrogens is 2. The largest absolute Gasteiger partial charge is 0.309 e. The van der Waals surface area contributed by atoms with Gasteiger partial charge in [0, 0.05) is 32.8 Å². The number of benzene rings is 13. The van der Waals surface area contributed by atoms with Crippen molar-refractivity contribution in [2.24, 2.45) is 0 Å². The topological polar surface area (TPSA) is 9.86 Å². The van der Waals surface area contributed by atoms with Gasteiger partial charge in [0.15, 0.2) is 0 Å². The quantitative estimate of drug-likeness (QED) is 0.129. The highest BCUT2D eigenvalue weighted by molar-refractivity contribution is 6.13. The van der Waals surface area contributed by atoms with Crippen LogP contribution in [0.4, 0.5) is 0 Å². The van der Waals surface area contributed by atoms with Crippen molar-refractivity contribution in [3.8, 4) is 100 Å². The van der Waals surface area contributed by atoms with Gasteiger partial charge in [0.25, 0.3) is 0 Å². The fourth-order valence-corrected chi connectivity index (χ4v) is 12.3. The molecule has 15 rings (SSSR count). The van der Waals surface area contributed by atoms with Gasteiger partial charge in [-0.3, -0.25) is 0 Å². The Balaban J connectivity index is 0.741. The van der Waals surface area contributed by atoms with E-state index in [2.05, 4.69) is 325 Å². The predicted molar refractivity (Wildman–Crippen MR) is 339 cm³/mol. The molecule has 0 spiro atoms.